The van der Waals surface area contributed by atoms with Crippen LogP contribution in [0, 0.1) is 0 Å². The van der Waals surface area contributed by atoms with Crippen molar-refractivity contribution in [1.82, 2.24) is 10.3 Å². The summed E-state index contributed by atoms with van der Waals surface area (Å²) >= 11 is 0. The molecule has 1 aromatic heterocycles. The average Bonchev–Trinajstić information content (AvgIpc) is 3.10. The molecule has 1 atom stereocenters. The number of nitrogens with one attached hydrogen (secondary N) is 2. The highest BCUT2D eigenvalue weighted by molar-refractivity contribution is 6.11. The molecule has 0 bridgehead atoms. The second kappa shape index (κ2) is 7.13. The molecule has 5 rings (SSSR count). The number of benzene rings is 3. The third kappa shape index (κ3) is 3.07. The third-order valence-electron chi connectivity index (χ3n) is 5.56. The number of ether oxygens (including phenoxy) is 1. The van der Waals surface area contributed by atoms with Gasteiger partial charge in [-0.3, -0.25) is 4.79 Å². The lowest BCUT2D eigenvalue weighted by Crippen LogP contribution is -2.27. The van der Waals surface area contributed by atoms with E-state index in [0.29, 0.717) is 12.3 Å². The van der Waals surface area contributed by atoms with Crippen molar-refractivity contribution in [3.8, 4) is 16.9 Å². The summed E-state index contributed by atoms with van der Waals surface area (Å²) in [5.41, 5.74) is 5.87. The van der Waals surface area contributed by atoms with Crippen LogP contribution in [0.5, 0.6) is 5.75 Å². The van der Waals surface area contributed by atoms with Gasteiger partial charge in [0, 0.05) is 16.5 Å². The van der Waals surface area contributed by atoms with E-state index in [1.807, 2.05) is 60.7 Å². The Kier molecular flexibility index (Phi) is 4.32. The smallest absolute Gasteiger partial charge is 0.268 e. The highest BCUT2D eigenvalue weighted by atomic mass is 16.5. The second-order valence-electron chi connectivity index (χ2n) is 7.38. The minimum atomic E-state index is -0.0639. The fourth-order valence-corrected chi connectivity index (χ4v) is 4.11. The van der Waals surface area contributed by atoms with Crippen LogP contribution in [0.15, 0.2) is 72.8 Å². The first-order valence-electron chi connectivity index (χ1n) is 9.97. The summed E-state index contributed by atoms with van der Waals surface area (Å²) in [4.78, 5) is 16.3. The summed E-state index contributed by atoms with van der Waals surface area (Å²) in [7, 11) is 0. The number of amides is 1. The van der Waals surface area contributed by atoms with Gasteiger partial charge in [0.25, 0.3) is 5.91 Å². The van der Waals surface area contributed by atoms with Crippen LogP contribution < -0.4 is 10.1 Å². The largest absolute Gasteiger partial charge is 0.489 e. The molecule has 1 aliphatic rings. The van der Waals surface area contributed by atoms with Crippen LogP contribution in [-0.4, -0.2) is 10.9 Å². The van der Waals surface area contributed by atoms with Gasteiger partial charge < -0.3 is 15.0 Å². The highest BCUT2D eigenvalue weighted by Gasteiger charge is 2.28. The van der Waals surface area contributed by atoms with Crippen LogP contribution in [0.25, 0.3) is 22.0 Å². The van der Waals surface area contributed by atoms with Crippen LogP contribution in [-0.2, 0) is 6.61 Å². The summed E-state index contributed by atoms with van der Waals surface area (Å²) in [5, 5.41) is 4.17. The van der Waals surface area contributed by atoms with Gasteiger partial charge >= 0.3 is 0 Å². The van der Waals surface area contributed by atoms with Crippen LogP contribution in [0.1, 0.15) is 41.0 Å². The number of carbonyl (C=O) groups is 1. The van der Waals surface area contributed by atoms with E-state index in [-0.39, 0.29) is 11.9 Å². The third-order valence-corrected chi connectivity index (χ3v) is 5.56. The van der Waals surface area contributed by atoms with Gasteiger partial charge in [0.15, 0.2) is 0 Å². The molecule has 0 unspecified atom stereocenters. The highest BCUT2D eigenvalue weighted by Crippen LogP contribution is 2.40. The predicted molar refractivity (Wildman–Crippen MR) is 115 cm³/mol. The van der Waals surface area contributed by atoms with E-state index in [4.69, 9.17) is 4.74 Å². The second-order valence-corrected chi connectivity index (χ2v) is 7.38. The Balaban J connectivity index is 1.61. The maximum absolute atomic E-state index is 12.9. The number of fused-ring (bicyclic) bond motifs is 5. The van der Waals surface area contributed by atoms with Crippen molar-refractivity contribution in [1.29, 1.82) is 0 Å². The Morgan fingerprint density at radius 3 is 2.59 bits per heavy atom. The molecule has 2 N–H and O–H groups in total. The van der Waals surface area contributed by atoms with Crippen LogP contribution in [0.3, 0.4) is 0 Å². The normalized spacial score (nSPS) is 15.3. The fourth-order valence-electron chi connectivity index (χ4n) is 4.11. The van der Waals surface area contributed by atoms with Crippen LogP contribution in [0.4, 0.5) is 0 Å². The van der Waals surface area contributed by atoms with Gasteiger partial charge in [0.1, 0.15) is 18.1 Å². The summed E-state index contributed by atoms with van der Waals surface area (Å²) in [6, 6.07) is 24.3. The number of aromatic nitrogens is 1. The number of rotatable bonds is 4. The first-order valence-corrected chi connectivity index (χ1v) is 9.97. The minimum absolute atomic E-state index is 0.00654. The lowest BCUT2D eigenvalue weighted by molar-refractivity contribution is 0.0933. The monoisotopic (exact) mass is 382 g/mol. The molecule has 0 saturated carbocycles. The quantitative estimate of drug-likeness (QED) is 0.482. The summed E-state index contributed by atoms with van der Waals surface area (Å²) in [5.74, 6) is 0.725. The van der Waals surface area contributed by atoms with Crippen molar-refractivity contribution in [2.24, 2.45) is 0 Å². The van der Waals surface area contributed by atoms with E-state index in [9.17, 15) is 4.79 Å². The first kappa shape index (κ1) is 17.6. The lowest BCUT2D eigenvalue weighted by Gasteiger charge is -2.17. The molecule has 2 heterocycles. The number of hydrogen-bond donors (Lipinski definition) is 2. The van der Waals surface area contributed by atoms with E-state index >= 15 is 0 Å². The van der Waals surface area contributed by atoms with Gasteiger partial charge in [0.05, 0.1) is 6.04 Å². The molecule has 144 valence electrons. The predicted octanol–water partition coefficient (Wildman–Crippen LogP) is 5.61. The molecule has 3 aromatic carbocycles. The van der Waals surface area contributed by atoms with E-state index in [2.05, 4.69) is 29.4 Å². The zero-order valence-corrected chi connectivity index (χ0v) is 16.2. The summed E-state index contributed by atoms with van der Waals surface area (Å²) in [6.45, 7) is 2.60. The van der Waals surface area contributed by atoms with Crippen molar-refractivity contribution in [3.05, 3.63) is 89.6 Å². The summed E-state index contributed by atoms with van der Waals surface area (Å²) in [6.07, 6.45) is 0.844. The van der Waals surface area contributed by atoms with Crippen LogP contribution >= 0.6 is 0 Å². The molecular weight excluding hydrogens is 360 g/mol. The lowest BCUT2D eigenvalue weighted by atomic mass is 9.93. The molecule has 4 aromatic rings. The molecule has 0 saturated heterocycles. The number of hydrogen-bond acceptors (Lipinski definition) is 2. The number of H-pyrrole nitrogens is 1. The maximum atomic E-state index is 12.9. The molecule has 0 spiro atoms. The molecule has 0 fully saturated rings. The van der Waals surface area contributed by atoms with E-state index in [1.54, 1.807) is 0 Å². The van der Waals surface area contributed by atoms with Gasteiger partial charge in [-0.25, -0.2) is 0 Å². The molecular formula is C25H22N2O2. The molecule has 1 amide bonds. The summed E-state index contributed by atoms with van der Waals surface area (Å²) < 4.78 is 6.03. The first-order chi connectivity index (χ1) is 14.2. The topological polar surface area (TPSA) is 54.1 Å². The standard InChI is InChI=1S/C25H22N2O2/c1-2-21-18-10-6-7-11-19(18)23-20-14-17(29-15-16-8-4-3-5-9-16)12-13-22(20)26-24(23)25(28)27-21/h3-14,21,26H,2,15H2,1H3,(H,27,28)/t21-/m0/s1. The van der Waals surface area contributed by atoms with Crippen molar-refractivity contribution >= 4 is 16.8 Å². The molecule has 0 radical (unpaired) electrons. The Bertz CT molecular complexity index is 1190. The Morgan fingerprint density at radius 1 is 0.966 bits per heavy atom. The van der Waals surface area contributed by atoms with E-state index in [1.165, 1.54) is 0 Å². The van der Waals surface area contributed by atoms with Crippen molar-refractivity contribution < 1.29 is 9.53 Å². The maximum Gasteiger partial charge on any atom is 0.268 e. The van der Waals surface area contributed by atoms with E-state index in [0.717, 1.165) is 45.3 Å². The fraction of sp³-hybridized carbons (Fsp3) is 0.160. The van der Waals surface area contributed by atoms with Crippen molar-refractivity contribution in [2.75, 3.05) is 0 Å². The van der Waals surface area contributed by atoms with Gasteiger partial charge in [-0.2, -0.15) is 0 Å². The average molecular weight is 382 g/mol. The van der Waals surface area contributed by atoms with E-state index < -0.39 is 0 Å². The Hall–Kier alpha value is -3.53. The Morgan fingerprint density at radius 2 is 1.76 bits per heavy atom. The molecule has 29 heavy (non-hydrogen) atoms. The molecule has 4 heteroatoms. The zero-order valence-electron chi connectivity index (χ0n) is 16.2. The van der Waals surface area contributed by atoms with Gasteiger partial charge in [-0.15, -0.1) is 0 Å². The molecule has 1 aliphatic heterocycles. The van der Waals surface area contributed by atoms with Gasteiger partial charge in [-0.05, 0) is 41.3 Å². The number of aromatic amines is 1. The van der Waals surface area contributed by atoms with Gasteiger partial charge in [-0.1, -0.05) is 61.5 Å². The SMILES string of the molecule is CC[C@@H]1NC(=O)c2[nH]c3ccc(OCc4ccccc4)cc3c2-c2ccccc21. The van der Waals surface area contributed by atoms with Gasteiger partial charge in [0.2, 0.25) is 0 Å². The van der Waals surface area contributed by atoms with Crippen molar-refractivity contribution in [2.45, 2.75) is 26.0 Å². The van der Waals surface area contributed by atoms with Crippen molar-refractivity contribution in [3.63, 3.8) is 0 Å². The number of carbonyl (C=O) groups excluding carboxylic acids is 1. The molecule has 4 nitrogen and oxygen atoms in total. The molecule has 0 aliphatic carbocycles. The Labute approximate surface area is 169 Å². The van der Waals surface area contributed by atoms with Crippen LogP contribution in [0.2, 0.25) is 0 Å². The zero-order chi connectivity index (χ0) is 19.8. The minimum Gasteiger partial charge on any atom is -0.489 e.